The first-order chi connectivity index (χ1) is 11.3. The van der Waals surface area contributed by atoms with Crippen molar-refractivity contribution in [3.05, 3.63) is 36.2 Å². The predicted molar refractivity (Wildman–Crippen MR) is 86.6 cm³/mol. The SMILES string of the molecule is CNC(=O)N(Cc1nc(-c2ccccc2)no1)C1CCCCC1. The zero-order valence-corrected chi connectivity index (χ0v) is 13.4. The molecule has 3 rings (SSSR count). The summed E-state index contributed by atoms with van der Waals surface area (Å²) < 4.78 is 5.35. The molecule has 1 fully saturated rings. The van der Waals surface area contributed by atoms with Crippen LogP contribution in [-0.4, -0.2) is 34.2 Å². The van der Waals surface area contributed by atoms with Gasteiger partial charge >= 0.3 is 6.03 Å². The average Bonchev–Trinajstić information content (AvgIpc) is 3.09. The molecule has 1 aliphatic rings. The van der Waals surface area contributed by atoms with Crippen LogP contribution >= 0.6 is 0 Å². The fraction of sp³-hybridized carbons (Fsp3) is 0.471. The Kier molecular flexibility index (Phi) is 4.90. The van der Waals surface area contributed by atoms with Crippen LogP contribution in [0.25, 0.3) is 11.4 Å². The van der Waals surface area contributed by atoms with E-state index in [1.165, 1.54) is 6.42 Å². The van der Waals surface area contributed by atoms with Crippen molar-refractivity contribution in [2.75, 3.05) is 7.05 Å². The maximum absolute atomic E-state index is 12.2. The van der Waals surface area contributed by atoms with E-state index in [0.29, 0.717) is 18.3 Å². The first-order valence-corrected chi connectivity index (χ1v) is 8.14. The maximum Gasteiger partial charge on any atom is 0.317 e. The molecule has 0 saturated heterocycles. The molecule has 0 bridgehead atoms. The van der Waals surface area contributed by atoms with Crippen molar-refractivity contribution in [1.29, 1.82) is 0 Å². The van der Waals surface area contributed by atoms with Crippen molar-refractivity contribution in [3.63, 3.8) is 0 Å². The molecule has 0 spiro atoms. The third-order valence-electron chi connectivity index (χ3n) is 4.30. The van der Waals surface area contributed by atoms with Crippen LogP contribution in [-0.2, 0) is 6.54 Å². The fourth-order valence-corrected chi connectivity index (χ4v) is 3.07. The number of carbonyl (C=O) groups excluding carboxylic acids is 1. The highest BCUT2D eigenvalue weighted by Crippen LogP contribution is 2.24. The van der Waals surface area contributed by atoms with Crippen molar-refractivity contribution < 1.29 is 9.32 Å². The summed E-state index contributed by atoms with van der Waals surface area (Å²) in [5, 5.41) is 6.74. The Morgan fingerprint density at radius 1 is 1.26 bits per heavy atom. The minimum atomic E-state index is -0.0867. The largest absolute Gasteiger partial charge is 0.341 e. The lowest BCUT2D eigenvalue weighted by molar-refractivity contribution is 0.142. The second-order valence-corrected chi connectivity index (χ2v) is 5.85. The number of rotatable bonds is 4. The Hall–Kier alpha value is -2.37. The van der Waals surface area contributed by atoms with Gasteiger partial charge in [0.15, 0.2) is 0 Å². The molecule has 0 radical (unpaired) electrons. The normalized spacial score (nSPS) is 15.3. The van der Waals surface area contributed by atoms with E-state index in [2.05, 4.69) is 15.5 Å². The molecule has 1 heterocycles. The molecule has 122 valence electrons. The molecule has 1 aromatic carbocycles. The molecule has 0 atom stereocenters. The van der Waals surface area contributed by atoms with E-state index in [1.54, 1.807) is 7.05 Å². The molecule has 0 unspecified atom stereocenters. The van der Waals surface area contributed by atoms with Gasteiger partial charge in [-0.3, -0.25) is 0 Å². The van der Waals surface area contributed by atoms with Crippen LogP contribution in [0.15, 0.2) is 34.9 Å². The van der Waals surface area contributed by atoms with E-state index in [4.69, 9.17) is 4.52 Å². The molecule has 23 heavy (non-hydrogen) atoms. The smallest absolute Gasteiger partial charge is 0.317 e. The Bertz CT molecular complexity index is 635. The van der Waals surface area contributed by atoms with Gasteiger partial charge in [-0.2, -0.15) is 4.98 Å². The first kappa shape index (κ1) is 15.5. The topological polar surface area (TPSA) is 71.3 Å². The van der Waals surface area contributed by atoms with E-state index in [0.717, 1.165) is 31.2 Å². The minimum absolute atomic E-state index is 0.0867. The Morgan fingerprint density at radius 2 is 2.00 bits per heavy atom. The number of carbonyl (C=O) groups is 1. The third kappa shape index (κ3) is 3.70. The number of urea groups is 1. The number of aromatic nitrogens is 2. The van der Waals surface area contributed by atoms with E-state index in [-0.39, 0.29) is 12.1 Å². The van der Waals surface area contributed by atoms with E-state index in [9.17, 15) is 4.79 Å². The van der Waals surface area contributed by atoms with Crippen LogP contribution in [0.1, 0.15) is 38.0 Å². The van der Waals surface area contributed by atoms with Crippen molar-refractivity contribution in [3.8, 4) is 11.4 Å². The lowest BCUT2D eigenvalue weighted by atomic mass is 9.94. The van der Waals surface area contributed by atoms with Crippen molar-refractivity contribution in [2.45, 2.75) is 44.7 Å². The van der Waals surface area contributed by atoms with Crippen molar-refractivity contribution in [1.82, 2.24) is 20.4 Å². The second kappa shape index (κ2) is 7.26. The molecule has 6 nitrogen and oxygen atoms in total. The molecule has 0 aliphatic heterocycles. The Balaban J connectivity index is 1.75. The molecule has 1 aromatic heterocycles. The summed E-state index contributed by atoms with van der Waals surface area (Å²) in [5.74, 6) is 1.03. The summed E-state index contributed by atoms with van der Waals surface area (Å²) in [6.45, 7) is 0.351. The molecular weight excluding hydrogens is 292 g/mol. The summed E-state index contributed by atoms with van der Waals surface area (Å²) in [7, 11) is 1.65. The van der Waals surface area contributed by atoms with Gasteiger partial charge in [0.05, 0.1) is 0 Å². The number of amides is 2. The van der Waals surface area contributed by atoms with Gasteiger partial charge < -0.3 is 14.7 Å². The van der Waals surface area contributed by atoms with Crippen LogP contribution < -0.4 is 5.32 Å². The molecule has 1 aliphatic carbocycles. The van der Waals surface area contributed by atoms with Gasteiger partial charge in [0.25, 0.3) is 0 Å². The van der Waals surface area contributed by atoms with E-state index in [1.807, 2.05) is 35.2 Å². The quantitative estimate of drug-likeness (QED) is 0.940. The van der Waals surface area contributed by atoms with E-state index < -0.39 is 0 Å². The van der Waals surface area contributed by atoms with Crippen LogP contribution in [0.3, 0.4) is 0 Å². The van der Waals surface area contributed by atoms with Gasteiger partial charge in [-0.25, -0.2) is 4.79 Å². The van der Waals surface area contributed by atoms with Crippen molar-refractivity contribution in [2.24, 2.45) is 0 Å². The monoisotopic (exact) mass is 314 g/mol. The van der Waals surface area contributed by atoms with Crippen LogP contribution in [0.4, 0.5) is 4.79 Å². The number of nitrogens with one attached hydrogen (secondary N) is 1. The maximum atomic E-state index is 12.2. The fourth-order valence-electron chi connectivity index (χ4n) is 3.07. The van der Waals surface area contributed by atoms with Gasteiger partial charge in [0.1, 0.15) is 6.54 Å². The number of benzene rings is 1. The highest BCUT2D eigenvalue weighted by molar-refractivity contribution is 5.74. The second-order valence-electron chi connectivity index (χ2n) is 5.85. The van der Waals surface area contributed by atoms with Gasteiger partial charge in [0, 0.05) is 18.7 Å². The van der Waals surface area contributed by atoms with Gasteiger partial charge in [-0.15, -0.1) is 0 Å². The summed E-state index contributed by atoms with van der Waals surface area (Å²) in [5.41, 5.74) is 0.909. The molecule has 6 heteroatoms. The molecule has 2 aromatic rings. The highest BCUT2D eigenvalue weighted by atomic mass is 16.5. The summed E-state index contributed by atoms with van der Waals surface area (Å²) in [6, 6.07) is 9.85. The lowest BCUT2D eigenvalue weighted by Gasteiger charge is -2.33. The summed E-state index contributed by atoms with van der Waals surface area (Å²) in [4.78, 5) is 18.5. The van der Waals surface area contributed by atoms with Crippen LogP contribution in [0, 0.1) is 0 Å². The molecule has 2 amide bonds. The third-order valence-corrected chi connectivity index (χ3v) is 4.30. The Morgan fingerprint density at radius 3 is 2.70 bits per heavy atom. The number of nitrogens with zero attached hydrogens (tertiary/aromatic N) is 3. The first-order valence-electron chi connectivity index (χ1n) is 8.14. The zero-order chi connectivity index (χ0) is 16.1. The van der Waals surface area contributed by atoms with Crippen LogP contribution in [0.5, 0.6) is 0 Å². The average molecular weight is 314 g/mol. The molecule has 1 saturated carbocycles. The summed E-state index contributed by atoms with van der Waals surface area (Å²) >= 11 is 0. The number of hydrogen-bond donors (Lipinski definition) is 1. The van der Waals surface area contributed by atoms with Gasteiger partial charge in [0.2, 0.25) is 11.7 Å². The summed E-state index contributed by atoms with van der Waals surface area (Å²) in [6.07, 6.45) is 5.64. The zero-order valence-electron chi connectivity index (χ0n) is 13.4. The minimum Gasteiger partial charge on any atom is -0.341 e. The Labute approximate surface area is 135 Å². The van der Waals surface area contributed by atoms with Gasteiger partial charge in [-0.1, -0.05) is 54.8 Å². The molecular formula is C17H22N4O2. The standard InChI is InChI=1S/C17H22N4O2/c1-18-17(22)21(14-10-6-3-7-11-14)12-15-19-16(20-23-15)13-8-4-2-5-9-13/h2,4-5,8-9,14H,3,6-7,10-12H2,1H3,(H,18,22). The highest BCUT2D eigenvalue weighted by Gasteiger charge is 2.26. The number of hydrogen-bond acceptors (Lipinski definition) is 4. The predicted octanol–water partition coefficient (Wildman–Crippen LogP) is 3.21. The van der Waals surface area contributed by atoms with E-state index >= 15 is 0 Å². The molecule has 1 N–H and O–H groups in total. The van der Waals surface area contributed by atoms with Crippen molar-refractivity contribution >= 4 is 6.03 Å². The lowest BCUT2D eigenvalue weighted by Crippen LogP contribution is -2.45. The van der Waals surface area contributed by atoms with Crippen LogP contribution in [0.2, 0.25) is 0 Å². The van der Waals surface area contributed by atoms with Gasteiger partial charge in [-0.05, 0) is 12.8 Å².